The number of aromatic amines is 1. The highest BCUT2D eigenvalue weighted by Gasteiger charge is 2.16. The molecule has 0 aliphatic carbocycles. The Morgan fingerprint density at radius 3 is 3.00 bits per heavy atom. The van der Waals surface area contributed by atoms with Crippen LogP contribution in [0.1, 0.15) is 19.5 Å². The average molecular weight is 221 g/mol. The van der Waals surface area contributed by atoms with Crippen molar-refractivity contribution in [1.82, 2.24) is 10.3 Å². The Labute approximate surface area is 95.7 Å². The van der Waals surface area contributed by atoms with Gasteiger partial charge in [-0.15, -0.1) is 0 Å². The van der Waals surface area contributed by atoms with Crippen LogP contribution in [0.2, 0.25) is 0 Å². The van der Waals surface area contributed by atoms with Crippen LogP contribution in [0, 0.1) is 0 Å². The van der Waals surface area contributed by atoms with E-state index in [2.05, 4.69) is 35.1 Å². The van der Waals surface area contributed by atoms with Crippen LogP contribution >= 0.6 is 0 Å². The third-order valence-corrected chi connectivity index (χ3v) is 3.00. The number of H-pyrrole nitrogens is 1. The third kappa shape index (κ3) is 2.44. The highest BCUT2D eigenvalue weighted by molar-refractivity contribution is 5.47. The summed E-state index contributed by atoms with van der Waals surface area (Å²) in [6.07, 6.45) is 0.866. The summed E-state index contributed by atoms with van der Waals surface area (Å²) in [7, 11) is 0. The molecule has 1 aliphatic rings. The van der Waals surface area contributed by atoms with Crippen molar-refractivity contribution in [2.75, 3.05) is 24.5 Å². The fourth-order valence-electron chi connectivity index (χ4n) is 2.12. The van der Waals surface area contributed by atoms with Gasteiger partial charge in [0.2, 0.25) is 5.56 Å². The Bertz CT molecular complexity index is 413. The summed E-state index contributed by atoms with van der Waals surface area (Å²) in [4.78, 5) is 16.6. The van der Waals surface area contributed by atoms with Crippen LogP contribution in [0.15, 0.2) is 16.9 Å². The van der Waals surface area contributed by atoms with E-state index >= 15 is 0 Å². The molecule has 0 spiro atoms. The number of rotatable bonds is 2. The minimum absolute atomic E-state index is 0.000496. The van der Waals surface area contributed by atoms with Crippen LogP contribution in [-0.2, 0) is 6.42 Å². The monoisotopic (exact) mass is 221 g/mol. The first-order chi connectivity index (χ1) is 7.69. The summed E-state index contributed by atoms with van der Waals surface area (Å²) in [5.74, 6) is 0. The largest absolute Gasteiger partial charge is 0.368 e. The smallest absolute Gasteiger partial charge is 0.250 e. The lowest BCUT2D eigenvalue weighted by molar-refractivity contribution is 0.484. The Kier molecular flexibility index (Phi) is 3.29. The molecule has 0 aromatic carbocycles. The second-order valence-corrected chi connectivity index (χ2v) is 4.38. The Morgan fingerprint density at radius 1 is 1.50 bits per heavy atom. The molecular weight excluding hydrogens is 202 g/mol. The van der Waals surface area contributed by atoms with Crippen LogP contribution < -0.4 is 15.8 Å². The second-order valence-electron chi connectivity index (χ2n) is 4.38. The summed E-state index contributed by atoms with van der Waals surface area (Å²) in [6, 6.07) is 4.26. The van der Waals surface area contributed by atoms with Gasteiger partial charge in [0.15, 0.2) is 0 Å². The molecule has 0 amide bonds. The van der Waals surface area contributed by atoms with Crippen molar-refractivity contribution < 1.29 is 0 Å². The number of pyridine rings is 1. The van der Waals surface area contributed by atoms with Gasteiger partial charge in [0.25, 0.3) is 0 Å². The average Bonchev–Trinajstić information content (AvgIpc) is 2.28. The van der Waals surface area contributed by atoms with Gasteiger partial charge in [-0.25, -0.2) is 0 Å². The maximum atomic E-state index is 11.5. The molecular formula is C12H19N3O. The number of piperazine rings is 1. The first-order valence-electron chi connectivity index (χ1n) is 5.90. The van der Waals surface area contributed by atoms with Gasteiger partial charge in [0.1, 0.15) is 0 Å². The second kappa shape index (κ2) is 4.70. The van der Waals surface area contributed by atoms with Crippen LogP contribution in [0.5, 0.6) is 0 Å². The van der Waals surface area contributed by atoms with E-state index in [0.717, 1.165) is 37.4 Å². The molecule has 1 atom stereocenters. The maximum Gasteiger partial charge on any atom is 0.250 e. The van der Waals surface area contributed by atoms with Gasteiger partial charge in [-0.1, -0.05) is 6.92 Å². The zero-order valence-electron chi connectivity index (χ0n) is 9.92. The molecule has 0 bridgehead atoms. The van der Waals surface area contributed by atoms with E-state index in [1.807, 2.05) is 0 Å². The number of hydrogen-bond donors (Lipinski definition) is 2. The first kappa shape index (κ1) is 11.2. The molecule has 1 aromatic rings. The molecule has 1 aromatic heterocycles. The number of nitrogens with zero attached hydrogens (tertiary/aromatic N) is 1. The molecule has 1 unspecified atom stereocenters. The lowest BCUT2D eigenvalue weighted by Gasteiger charge is -2.33. The normalized spacial score (nSPS) is 21.1. The molecule has 88 valence electrons. The molecule has 4 heteroatoms. The highest BCUT2D eigenvalue weighted by Crippen LogP contribution is 2.14. The van der Waals surface area contributed by atoms with E-state index in [1.54, 1.807) is 6.07 Å². The van der Waals surface area contributed by atoms with Crippen molar-refractivity contribution >= 4 is 5.69 Å². The van der Waals surface area contributed by atoms with Gasteiger partial charge >= 0.3 is 0 Å². The van der Waals surface area contributed by atoms with E-state index in [4.69, 9.17) is 0 Å². The molecule has 2 heterocycles. The topological polar surface area (TPSA) is 48.1 Å². The number of aryl methyl sites for hydroxylation is 1. The van der Waals surface area contributed by atoms with Gasteiger partial charge < -0.3 is 15.2 Å². The van der Waals surface area contributed by atoms with Crippen molar-refractivity contribution in [3.63, 3.8) is 0 Å². The lowest BCUT2D eigenvalue weighted by atomic mass is 10.2. The maximum absolute atomic E-state index is 11.5. The zero-order valence-corrected chi connectivity index (χ0v) is 9.92. The molecule has 16 heavy (non-hydrogen) atoms. The van der Waals surface area contributed by atoms with Gasteiger partial charge in [-0.05, 0) is 19.4 Å². The van der Waals surface area contributed by atoms with E-state index < -0.39 is 0 Å². The van der Waals surface area contributed by atoms with Crippen LogP contribution in [0.4, 0.5) is 5.69 Å². The van der Waals surface area contributed by atoms with Crippen molar-refractivity contribution in [3.8, 4) is 0 Å². The fraction of sp³-hybridized carbons (Fsp3) is 0.583. The lowest BCUT2D eigenvalue weighted by Crippen LogP contribution is -2.49. The fourth-order valence-corrected chi connectivity index (χ4v) is 2.12. The van der Waals surface area contributed by atoms with Gasteiger partial charge in [-0.3, -0.25) is 4.79 Å². The van der Waals surface area contributed by atoms with Crippen LogP contribution in [0.25, 0.3) is 0 Å². The van der Waals surface area contributed by atoms with Gasteiger partial charge in [0, 0.05) is 43.1 Å². The minimum atomic E-state index is 0.000496. The van der Waals surface area contributed by atoms with Crippen molar-refractivity contribution in [2.45, 2.75) is 26.3 Å². The molecule has 0 saturated carbocycles. The van der Waals surface area contributed by atoms with Crippen LogP contribution in [-0.4, -0.2) is 30.7 Å². The minimum Gasteiger partial charge on any atom is -0.368 e. The molecule has 2 rings (SSSR count). The van der Waals surface area contributed by atoms with E-state index in [1.165, 1.54) is 0 Å². The van der Waals surface area contributed by atoms with E-state index in [-0.39, 0.29) is 5.56 Å². The first-order valence-corrected chi connectivity index (χ1v) is 5.90. The SMILES string of the molecule is CCc1cc(N2CCNC(C)C2)cc(=O)[nH]1. The molecule has 1 saturated heterocycles. The van der Waals surface area contributed by atoms with Gasteiger partial charge in [-0.2, -0.15) is 0 Å². The summed E-state index contributed by atoms with van der Waals surface area (Å²) in [5.41, 5.74) is 2.06. The standard InChI is InChI=1S/C12H19N3O/c1-3-10-6-11(7-12(16)14-10)15-5-4-13-9(2)8-15/h6-7,9,13H,3-5,8H2,1-2H3,(H,14,16). The summed E-state index contributed by atoms with van der Waals surface area (Å²) < 4.78 is 0. The number of nitrogens with one attached hydrogen (secondary N) is 2. The number of anilines is 1. The predicted octanol–water partition coefficient (Wildman–Crippen LogP) is 0.735. The molecule has 0 radical (unpaired) electrons. The van der Waals surface area contributed by atoms with Crippen molar-refractivity contribution in [2.24, 2.45) is 0 Å². The summed E-state index contributed by atoms with van der Waals surface area (Å²) >= 11 is 0. The Balaban J connectivity index is 2.25. The number of aromatic nitrogens is 1. The van der Waals surface area contributed by atoms with Gasteiger partial charge in [0.05, 0.1) is 0 Å². The molecule has 2 N–H and O–H groups in total. The van der Waals surface area contributed by atoms with Crippen molar-refractivity contribution in [3.05, 3.63) is 28.2 Å². The molecule has 4 nitrogen and oxygen atoms in total. The quantitative estimate of drug-likeness (QED) is 0.774. The van der Waals surface area contributed by atoms with Crippen molar-refractivity contribution in [1.29, 1.82) is 0 Å². The highest BCUT2D eigenvalue weighted by atomic mass is 16.1. The number of hydrogen-bond acceptors (Lipinski definition) is 3. The summed E-state index contributed by atoms with van der Waals surface area (Å²) in [5, 5.41) is 3.40. The van der Waals surface area contributed by atoms with Crippen LogP contribution in [0.3, 0.4) is 0 Å². The predicted molar refractivity (Wildman–Crippen MR) is 66.1 cm³/mol. The zero-order chi connectivity index (χ0) is 11.5. The Hall–Kier alpha value is -1.29. The third-order valence-electron chi connectivity index (χ3n) is 3.00. The summed E-state index contributed by atoms with van der Waals surface area (Å²) in [6.45, 7) is 7.13. The Morgan fingerprint density at radius 2 is 2.31 bits per heavy atom. The van der Waals surface area contributed by atoms with E-state index in [0.29, 0.717) is 6.04 Å². The van der Waals surface area contributed by atoms with E-state index in [9.17, 15) is 4.79 Å². The molecule has 1 fully saturated rings. The molecule has 1 aliphatic heterocycles.